The molecule has 0 atom stereocenters. The molecule has 0 unspecified atom stereocenters. The van der Waals surface area contributed by atoms with Gasteiger partial charge in [-0.15, -0.1) is 24.8 Å². The van der Waals surface area contributed by atoms with E-state index in [0.29, 0.717) is 36.7 Å². The first-order valence-electron chi connectivity index (χ1n) is 7.72. The van der Waals surface area contributed by atoms with Crippen LogP contribution >= 0.6 is 24.8 Å². The molecule has 0 bridgehead atoms. The summed E-state index contributed by atoms with van der Waals surface area (Å²) in [6, 6.07) is 4.81. The maximum Gasteiger partial charge on any atom is 0.338 e. The number of likely N-dealkylation sites (N-methyl/N-ethyl adjacent to an activating group) is 1. The Balaban J connectivity index is 0. The van der Waals surface area contributed by atoms with E-state index in [-0.39, 0.29) is 42.6 Å². The number of nitrogen functional groups attached to an aromatic ring is 1. The second-order valence-electron chi connectivity index (χ2n) is 5.15. The third kappa shape index (κ3) is 7.57. The van der Waals surface area contributed by atoms with Crippen LogP contribution in [0, 0.1) is 5.21 Å². The molecule has 0 spiro atoms. The summed E-state index contributed by atoms with van der Waals surface area (Å²) in [5.41, 5.74) is 6.62. The summed E-state index contributed by atoms with van der Waals surface area (Å²) in [5, 5.41) is 12.1. The molecule has 0 saturated carbocycles. The highest BCUT2D eigenvalue weighted by atomic mass is 35.5. The molecule has 6 nitrogen and oxygen atoms in total. The fraction of sp³-hybridized carbons (Fsp3) is 0.562. The van der Waals surface area contributed by atoms with Crippen molar-refractivity contribution >= 4 is 36.5 Å². The number of nitrogens with zero attached hydrogens (tertiary/aromatic N) is 1. The van der Waals surface area contributed by atoms with Crippen LogP contribution in [0.15, 0.2) is 18.2 Å². The highest BCUT2D eigenvalue weighted by molar-refractivity contribution is 5.91. The van der Waals surface area contributed by atoms with Gasteiger partial charge >= 0.3 is 5.97 Å². The first kappa shape index (κ1) is 25.0. The van der Waals surface area contributed by atoms with Crippen LogP contribution in [-0.2, 0) is 4.74 Å². The quantitative estimate of drug-likeness (QED) is 0.306. The zero-order chi connectivity index (χ0) is 16.6. The van der Waals surface area contributed by atoms with Crippen LogP contribution in [0.1, 0.15) is 37.6 Å². The van der Waals surface area contributed by atoms with E-state index in [4.69, 9.17) is 15.2 Å². The molecule has 0 aliphatic carbocycles. The van der Waals surface area contributed by atoms with E-state index in [9.17, 15) is 10.0 Å². The Kier molecular flexibility index (Phi) is 12.7. The van der Waals surface area contributed by atoms with E-state index in [2.05, 4.69) is 0 Å². The van der Waals surface area contributed by atoms with Gasteiger partial charge in [-0.05, 0) is 38.5 Å². The Morgan fingerprint density at radius 1 is 1.17 bits per heavy atom. The lowest BCUT2D eigenvalue weighted by molar-refractivity contribution is -0.877. The molecule has 1 aromatic rings. The van der Waals surface area contributed by atoms with Crippen molar-refractivity contribution in [2.24, 2.45) is 0 Å². The highest BCUT2D eigenvalue weighted by Crippen LogP contribution is 2.23. The standard InChI is InChI=1S/C16H26N2O4.2ClH/c1-4-10-21-15-8-7-13(12-14(15)17)16(19)22-11-9-18(20,5-2)6-3;;/h7-8,12H,4-6,9-11,17H2,1-3H3;2*1H. The molecule has 0 aliphatic rings. The van der Waals surface area contributed by atoms with Gasteiger partial charge in [0.05, 0.1) is 30.9 Å². The summed E-state index contributed by atoms with van der Waals surface area (Å²) >= 11 is 0. The number of hydrogen-bond donors (Lipinski definition) is 1. The van der Waals surface area contributed by atoms with Gasteiger partial charge in [-0.2, -0.15) is 0 Å². The minimum atomic E-state index is -0.479. The molecule has 2 N–H and O–H groups in total. The van der Waals surface area contributed by atoms with E-state index in [1.165, 1.54) is 6.07 Å². The predicted octanol–water partition coefficient (Wildman–Crippen LogP) is 3.41. The van der Waals surface area contributed by atoms with Crippen molar-refractivity contribution in [2.45, 2.75) is 27.2 Å². The molecule has 0 heterocycles. The summed E-state index contributed by atoms with van der Waals surface area (Å²) in [6.45, 7) is 7.51. The number of ether oxygens (including phenoxy) is 2. The Morgan fingerprint density at radius 2 is 1.79 bits per heavy atom. The Labute approximate surface area is 156 Å². The molecule has 24 heavy (non-hydrogen) atoms. The summed E-state index contributed by atoms with van der Waals surface area (Å²) < 4.78 is 10.2. The molecule has 8 heteroatoms. The molecule has 1 rings (SSSR count). The summed E-state index contributed by atoms with van der Waals surface area (Å²) in [5.74, 6) is 0.0816. The van der Waals surface area contributed by atoms with E-state index in [0.717, 1.165) is 6.42 Å². The maximum atomic E-state index is 12.1. The van der Waals surface area contributed by atoms with Crippen molar-refractivity contribution in [1.29, 1.82) is 0 Å². The number of hydroxylamine groups is 3. The van der Waals surface area contributed by atoms with Crippen molar-refractivity contribution < 1.29 is 18.9 Å². The number of nitrogens with two attached hydrogens (primary N) is 1. The van der Waals surface area contributed by atoms with E-state index in [1.807, 2.05) is 20.8 Å². The number of halogens is 2. The maximum absolute atomic E-state index is 12.1. The van der Waals surface area contributed by atoms with Gasteiger partial charge in [0, 0.05) is 0 Å². The molecule has 0 radical (unpaired) electrons. The minimum absolute atomic E-state index is 0. The van der Waals surface area contributed by atoms with Gasteiger partial charge in [0.1, 0.15) is 18.9 Å². The van der Waals surface area contributed by atoms with Crippen LogP contribution in [0.25, 0.3) is 0 Å². The predicted molar refractivity (Wildman–Crippen MR) is 101 cm³/mol. The first-order valence-corrected chi connectivity index (χ1v) is 7.72. The lowest BCUT2D eigenvalue weighted by Gasteiger charge is -2.40. The Bertz CT molecular complexity index is 497. The van der Waals surface area contributed by atoms with E-state index < -0.39 is 5.97 Å². The number of carbonyl (C=O) groups excluding carboxylic acids is 1. The summed E-state index contributed by atoms with van der Waals surface area (Å²) in [7, 11) is 0. The normalized spacial score (nSPS) is 10.3. The van der Waals surface area contributed by atoms with Crippen LogP contribution in [0.4, 0.5) is 5.69 Å². The molecule has 140 valence electrons. The number of esters is 1. The van der Waals surface area contributed by atoms with E-state index in [1.54, 1.807) is 12.1 Å². The third-order valence-corrected chi connectivity index (χ3v) is 3.59. The SMILES string of the molecule is CCCOc1ccc(C(=O)OCC[N+]([O-])(CC)CC)cc1N.Cl.Cl. The lowest BCUT2D eigenvalue weighted by Crippen LogP contribution is -2.44. The number of carbonyl (C=O) groups is 1. The van der Waals surface area contributed by atoms with Crippen LogP contribution in [0.2, 0.25) is 0 Å². The highest BCUT2D eigenvalue weighted by Gasteiger charge is 2.14. The fourth-order valence-electron chi connectivity index (χ4n) is 1.95. The average molecular weight is 383 g/mol. The number of anilines is 1. The molecule has 0 saturated heterocycles. The average Bonchev–Trinajstić information content (AvgIpc) is 2.53. The molecule has 0 aliphatic heterocycles. The Morgan fingerprint density at radius 3 is 2.29 bits per heavy atom. The summed E-state index contributed by atoms with van der Waals surface area (Å²) in [6.07, 6.45) is 0.882. The molecular weight excluding hydrogens is 355 g/mol. The molecule has 1 aromatic carbocycles. The second kappa shape index (κ2) is 12.2. The van der Waals surface area contributed by atoms with Gasteiger partial charge in [0.25, 0.3) is 0 Å². The fourth-order valence-corrected chi connectivity index (χ4v) is 1.95. The van der Waals surface area contributed by atoms with Crippen molar-refractivity contribution in [2.75, 3.05) is 38.6 Å². The van der Waals surface area contributed by atoms with Gasteiger partial charge in [-0.25, -0.2) is 4.79 Å². The van der Waals surface area contributed by atoms with Crippen molar-refractivity contribution in [3.8, 4) is 5.75 Å². The van der Waals surface area contributed by atoms with Crippen molar-refractivity contribution in [3.05, 3.63) is 29.0 Å². The second-order valence-corrected chi connectivity index (χ2v) is 5.15. The molecule has 0 aromatic heterocycles. The van der Waals surface area contributed by atoms with Gasteiger partial charge < -0.3 is 25.1 Å². The van der Waals surface area contributed by atoms with Crippen molar-refractivity contribution in [3.63, 3.8) is 0 Å². The van der Waals surface area contributed by atoms with Crippen LogP contribution in [0.3, 0.4) is 0 Å². The summed E-state index contributed by atoms with van der Waals surface area (Å²) in [4.78, 5) is 12.0. The number of rotatable bonds is 9. The van der Waals surface area contributed by atoms with E-state index >= 15 is 0 Å². The number of hydrogen-bond acceptors (Lipinski definition) is 5. The lowest BCUT2D eigenvalue weighted by atomic mass is 10.2. The Hall–Kier alpha value is -1.21. The minimum Gasteiger partial charge on any atom is -0.633 e. The van der Waals surface area contributed by atoms with Gasteiger partial charge in [0.2, 0.25) is 0 Å². The number of quaternary nitrogens is 1. The third-order valence-electron chi connectivity index (χ3n) is 3.59. The zero-order valence-corrected chi connectivity index (χ0v) is 16.1. The molecule has 0 fully saturated rings. The van der Waals surface area contributed by atoms with Crippen LogP contribution < -0.4 is 10.5 Å². The van der Waals surface area contributed by atoms with Gasteiger partial charge in [0.15, 0.2) is 0 Å². The smallest absolute Gasteiger partial charge is 0.338 e. The zero-order valence-electron chi connectivity index (χ0n) is 14.4. The largest absolute Gasteiger partial charge is 0.633 e. The monoisotopic (exact) mass is 382 g/mol. The van der Waals surface area contributed by atoms with Gasteiger partial charge in [-0.1, -0.05) is 6.92 Å². The van der Waals surface area contributed by atoms with Gasteiger partial charge in [-0.3, -0.25) is 0 Å². The number of benzene rings is 1. The van der Waals surface area contributed by atoms with Crippen LogP contribution in [0.5, 0.6) is 5.75 Å². The molecule has 0 amide bonds. The molecular formula is C16H28Cl2N2O4. The first-order chi connectivity index (χ1) is 10.5. The van der Waals surface area contributed by atoms with Crippen molar-refractivity contribution in [1.82, 2.24) is 0 Å². The topological polar surface area (TPSA) is 84.6 Å². The van der Waals surface area contributed by atoms with Crippen LogP contribution in [-0.4, -0.2) is 43.5 Å².